The van der Waals surface area contributed by atoms with Crippen molar-refractivity contribution in [2.24, 2.45) is 4.99 Å². The molecule has 0 N–H and O–H groups in total. The molecule has 3 aromatic rings. The van der Waals surface area contributed by atoms with Gasteiger partial charge in [-0.2, -0.15) is 0 Å². The van der Waals surface area contributed by atoms with Crippen molar-refractivity contribution in [3.05, 3.63) is 99.0 Å². The van der Waals surface area contributed by atoms with Crippen LogP contribution in [0.5, 0.6) is 5.75 Å². The van der Waals surface area contributed by atoms with Gasteiger partial charge in [-0.15, -0.1) is 0 Å². The van der Waals surface area contributed by atoms with Gasteiger partial charge in [0.25, 0.3) is 0 Å². The van der Waals surface area contributed by atoms with Crippen LogP contribution in [0, 0.1) is 0 Å². The first kappa shape index (κ1) is 26.5. The van der Waals surface area contributed by atoms with E-state index >= 15 is 0 Å². The summed E-state index contributed by atoms with van der Waals surface area (Å²) in [5, 5.41) is 1.15. The number of amidine groups is 1. The molecule has 1 heterocycles. The van der Waals surface area contributed by atoms with Crippen molar-refractivity contribution in [2.45, 2.75) is 50.6 Å². The average molecular weight is 543 g/mol. The Balaban J connectivity index is 2.00. The minimum absolute atomic E-state index is 0.0876. The first-order valence-corrected chi connectivity index (χ1v) is 12.9. The maximum atomic E-state index is 12.7. The van der Waals surface area contributed by atoms with Gasteiger partial charge >= 0.3 is 6.41 Å². The zero-order valence-corrected chi connectivity index (χ0v) is 23.2. The normalized spacial score (nSPS) is 21.9. The van der Waals surface area contributed by atoms with E-state index < -0.39 is 10.5 Å². The fraction of sp³-hybridized carbons (Fsp3) is 0.310. The summed E-state index contributed by atoms with van der Waals surface area (Å²) < 4.78 is 6.04. The molecule has 0 aliphatic carbocycles. The average Bonchev–Trinajstić information content (AvgIpc) is 3.07. The van der Waals surface area contributed by atoms with Crippen molar-refractivity contribution in [1.29, 1.82) is 0 Å². The van der Waals surface area contributed by atoms with E-state index in [1.165, 1.54) is 4.90 Å². The molecule has 2 atom stereocenters. The van der Waals surface area contributed by atoms with Gasteiger partial charge in [-0.3, -0.25) is 14.7 Å². The largest absolute Gasteiger partial charge is 0.493 e. The van der Waals surface area contributed by atoms with Crippen LogP contribution in [0.15, 0.2) is 71.7 Å². The van der Waals surface area contributed by atoms with Gasteiger partial charge in [-0.05, 0) is 72.4 Å². The van der Waals surface area contributed by atoms with Crippen LogP contribution in [0.1, 0.15) is 56.9 Å². The third-order valence-electron chi connectivity index (χ3n) is 6.61. The van der Waals surface area contributed by atoms with Crippen LogP contribution in [0.3, 0.4) is 0 Å². The Bertz CT molecular complexity index is 1300. The highest BCUT2D eigenvalue weighted by Crippen LogP contribution is 2.55. The Morgan fingerprint density at radius 3 is 2.00 bits per heavy atom. The molecular formula is C29H28Cl3N2O2. The van der Waals surface area contributed by atoms with Crippen molar-refractivity contribution in [3.63, 3.8) is 0 Å². The van der Waals surface area contributed by atoms with Crippen LogP contribution < -0.4 is 4.74 Å². The number of nitrogens with zero attached hydrogens (tertiary/aromatic N) is 2. The fourth-order valence-electron chi connectivity index (χ4n) is 4.55. The second-order valence-corrected chi connectivity index (χ2v) is 11.4. The topological polar surface area (TPSA) is 41.9 Å². The predicted molar refractivity (Wildman–Crippen MR) is 148 cm³/mol. The molecule has 187 valence electrons. The summed E-state index contributed by atoms with van der Waals surface area (Å²) in [7, 11) is 0. The third-order valence-corrected chi connectivity index (χ3v) is 7.87. The number of hydrogen-bond donors (Lipinski definition) is 0. The lowest BCUT2D eigenvalue weighted by molar-refractivity contribution is 0.258. The second kappa shape index (κ2) is 9.74. The summed E-state index contributed by atoms with van der Waals surface area (Å²) in [6.07, 6.45) is 2.07. The molecule has 0 bridgehead atoms. The number of ether oxygens (including phenoxy) is 1. The van der Waals surface area contributed by atoms with Gasteiger partial charge in [-0.25, -0.2) is 0 Å². The second-order valence-electron chi connectivity index (χ2n) is 9.96. The molecule has 1 amide bonds. The number of aliphatic imine (C=N–C) groups is 1. The lowest BCUT2D eigenvalue weighted by Crippen LogP contribution is -2.50. The lowest BCUT2D eigenvalue weighted by Gasteiger charge is -2.41. The predicted octanol–water partition coefficient (Wildman–Crippen LogP) is 7.83. The molecule has 36 heavy (non-hydrogen) atoms. The molecule has 0 saturated heterocycles. The van der Waals surface area contributed by atoms with Gasteiger partial charge in [0.2, 0.25) is 0 Å². The number of carbonyl (C=O) groups excluding carboxylic acids is 1. The van der Waals surface area contributed by atoms with E-state index in [9.17, 15) is 4.79 Å². The highest BCUT2D eigenvalue weighted by molar-refractivity contribution is 6.31. The van der Waals surface area contributed by atoms with Gasteiger partial charge in [0.1, 0.15) is 17.1 Å². The number of amides is 1. The molecule has 0 unspecified atom stereocenters. The molecule has 0 aromatic heterocycles. The van der Waals surface area contributed by atoms with Crippen molar-refractivity contribution in [1.82, 2.24) is 4.90 Å². The first-order chi connectivity index (χ1) is 17.0. The van der Waals surface area contributed by atoms with E-state index in [1.54, 1.807) is 36.4 Å². The smallest absolute Gasteiger partial charge is 0.320 e. The van der Waals surface area contributed by atoms with E-state index in [-0.39, 0.29) is 5.41 Å². The van der Waals surface area contributed by atoms with Crippen LogP contribution in [-0.4, -0.2) is 23.8 Å². The standard InChI is InChI=1S/C29H28Cl3N2O2/c1-6-36-25-17-21(27(2,3)4)11-16-24(25)26-33-28(5,19-7-12-22(30)13-8-19)29(32,34(26)18-35)20-9-14-23(31)15-10-20/h7-17H,6H2,1-5H3/t28-,29-/m0/s1. The van der Waals surface area contributed by atoms with Crippen molar-refractivity contribution >= 4 is 47.0 Å². The number of halogens is 3. The molecular weight excluding hydrogens is 515 g/mol. The summed E-state index contributed by atoms with van der Waals surface area (Å²) in [6.45, 7) is 10.7. The lowest BCUT2D eigenvalue weighted by atomic mass is 9.81. The molecule has 1 radical (unpaired) electrons. The summed E-state index contributed by atoms with van der Waals surface area (Å²) in [5.74, 6) is 0.996. The van der Waals surface area contributed by atoms with Gasteiger partial charge in [0.15, 0.2) is 5.00 Å². The Labute approximate surface area is 227 Å². The van der Waals surface area contributed by atoms with Crippen molar-refractivity contribution < 1.29 is 9.53 Å². The maximum absolute atomic E-state index is 12.7. The highest BCUT2D eigenvalue weighted by atomic mass is 35.5. The van der Waals surface area contributed by atoms with Gasteiger partial charge in [0.05, 0.1) is 12.2 Å². The zero-order valence-electron chi connectivity index (χ0n) is 20.9. The SMILES string of the molecule is CCOc1cc(C(C)(C)C)ccc1C1=N[C@@](C)(c2ccc(Cl)cc2)[C@](Cl)(c2ccc(Cl)cc2)N1[C]=O. The number of alkyl halides is 1. The first-order valence-electron chi connectivity index (χ1n) is 11.7. The fourth-order valence-corrected chi connectivity index (χ4v) is 5.19. The zero-order chi connectivity index (χ0) is 26.3. The Kier molecular flexibility index (Phi) is 7.18. The summed E-state index contributed by atoms with van der Waals surface area (Å²) in [4.78, 5) is 17.7. The van der Waals surface area contributed by atoms with Gasteiger partial charge in [0, 0.05) is 10.0 Å². The van der Waals surface area contributed by atoms with Crippen LogP contribution in [-0.2, 0) is 20.7 Å². The maximum Gasteiger partial charge on any atom is 0.320 e. The van der Waals surface area contributed by atoms with Crippen LogP contribution in [0.4, 0.5) is 0 Å². The summed E-state index contributed by atoms with van der Waals surface area (Å²) in [6, 6.07) is 20.4. The van der Waals surface area contributed by atoms with E-state index in [4.69, 9.17) is 44.5 Å². The third kappa shape index (κ3) is 4.40. The molecule has 4 nitrogen and oxygen atoms in total. The Morgan fingerprint density at radius 2 is 1.50 bits per heavy atom. The molecule has 1 aliphatic rings. The van der Waals surface area contributed by atoms with Crippen LogP contribution in [0.25, 0.3) is 0 Å². The molecule has 1 aliphatic heterocycles. The quantitative estimate of drug-likeness (QED) is 0.235. The molecule has 4 rings (SSSR count). The van der Waals surface area contributed by atoms with Crippen LogP contribution in [0.2, 0.25) is 10.0 Å². The molecule has 0 fully saturated rings. The summed E-state index contributed by atoms with van der Waals surface area (Å²) >= 11 is 19.9. The van der Waals surface area contributed by atoms with E-state index in [2.05, 4.69) is 27.2 Å². The molecule has 0 saturated carbocycles. The number of rotatable bonds is 6. The van der Waals surface area contributed by atoms with Crippen molar-refractivity contribution in [3.8, 4) is 5.75 Å². The van der Waals surface area contributed by atoms with Gasteiger partial charge < -0.3 is 4.74 Å². The van der Waals surface area contributed by atoms with E-state index in [0.29, 0.717) is 39.4 Å². The number of hydrogen-bond acceptors (Lipinski definition) is 3. The molecule has 3 aromatic carbocycles. The minimum Gasteiger partial charge on any atom is -0.493 e. The number of benzene rings is 3. The van der Waals surface area contributed by atoms with Crippen LogP contribution >= 0.6 is 34.8 Å². The minimum atomic E-state index is -1.44. The molecule has 7 heteroatoms. The van der Waals surface area contributed by atoms with E-state index in [1.807, 2.05) is 44.2 Å². The summed E-state index contributed by atoms with van der Waals surface area (Å²) in [5.41, 5.74) is 2.02. The van der Waals surface area contributed by atoms with Gasteiger partial charge in [-0.1, -0.05) is 85.9 Å². The highest BCUT2D eigenvalue weighted by Gasteiger charge is 2.60. The van der Waals surface area contributed by atoms with E-state index in [0.717, 1.165) is 11.1 Å². The monoisotopic (exact) mass is 541 g/mol. The molecule has 0 spiro atoms. The Morgan fingerprint density at radius 1 is 0.944 bits per heavy atom. The Hall–Kier alpha value is -2.53. The van der Waals surface area contributed by atoms with Crippen molar-refractivity contribution in [2.75, 3.05) is 6.61 Å².